The predicted molar refractivity (Wildman–Crippen MR) is 87.2 cm³/mol. The third-order valence-corrected chi connectivity index (χ3v) is 4.91. The largest absolute Gasteiger partial charge is 0.468 e. The van der Waals surface area contributed by atoms with E-state index >= 15 is 0 Å². The number of ether oxygens (including phenoxy) is 3. The Morgan fingerprint density at radius 2 is 1.82 bits per heavy atom. The normalized spacial score (nSPS) is 27.6. The van der Waals surface area contributed by atoms with Gasteiger partial charge in [0.15, 0.2) is 6.79 Å². The minimum atomic E-state index is 0.300. The van der Waals surface area contributed by atoms with Crippen molar-refractivity contribution < 1.29 is 14.2 Å². The summed E-state index contributed by atoms with van der Waals surface area (Å²) >= 11 is 0. The van der Waals surface area contributed by atoms with E-state index in [1.165, 1.54) is 44.1 Å². The van der Waals surface area contributed by atoms with Crippen LogP contribution in [-0.2, 0) is 9.47 Å². The molecule has 1 saturated carbocycles. The quantitative estimate of drug-likeness (QED) is 0.402. The molecule has 3 nitrogen and oxygen atoms in total. The minimum absolute atomic E-state index is 0.300. The van der Waals surface area contributed by atoms with E-state index in [0.29, 0.717) is 19.5 Å². The lowest BCUT2D eigenvalue weighted by Crippen LogP contribution is -2.13. The van der Waals surface area contributed by atoms with E-state index < -0.39 is 0 Å². The van der Waals surface area contributed by atoms with E-state index in [9.17, 15) is 0 Å². The first-order chi connectivity index (χ1) is 10.8. The Kier molecular flexibility index (Phi) is 5.74. The molecular weight excluding hydrogens is 276 g/mol. The van der Waals surface area contributed by atoms with Crippen molar-refractivity contribution in [3.8, 4) is 5.75 Å². The number of hydrogen-bond acceptors (Lipinski definition) is 3. The maximum Gasteiger partial charge on any atom is 0.189 e. The van der Waals surface area contributed by atoms with Crippen molar-refractivity contribution in [2.45, 2.75) is 57.5 Å². The topological polar surface area (TPSA) is 31.0 Å². The summed E-state index contributed by atoms with van der Waals surface area (Å²) in [6.07, 6.45) is 8.52. The molecule has 1 saturated heterocycles. The summed E-state index contributed by atoms with van der Waals surface area (Å²) in [5.41, 5.74) is 1.47. The Bertz CT molecular complexity index is 430. The number of benzene rings is 1. The molecule has 1 heterocycles. The van der Waals surface area contributed by atoms with Crippen molar-refractivity contribution in [3.05, 3.63) is 29.8 Å². The van der Waals surface area contributed by atoms with E-state index in [1.807, 2.05) is 0 Å². The first-order valence-corrected chi connectivity index (χ1v) is 8.77. The van der Waals surface area contributed by atoms with Crippen LogP contribution >= 0.6 is 0 Å². The zero-order chi connectivity index (χ0) is 15.2. The van der Waals surface area contributed by atoms with Gasteiger partial charge in [0.25, 0.3) is 0 Å². The Morgan fingerprint density at radius 3 is 2.45 bits per heavy atom. The molecule has 1 aliphatic carbocycles. The van der Waals surface area contributed by atoms with Gasteiger partial charge < -0.3 is 14.2 Å². The molecule has 0 spiro atoms. The van der Waals surface area contributed by atoms with Crippen LogP contribution in [0.3, 0.4) is 0 Å². The van der Waals surface area contributed by atoms with Crippen LogP contribution in [0.1, 0.15) is 56.9 Å². The van der Waals surface area contributed by atoms with Crippen molar-refractivity contribution in [2.24, 2.45) is 5.92 Å². The Labute approximate surface area is 134 Å². The highest BCUT2D eigenvalue weighted by atomic mass is 16.7. The summed E-state index contributed by atoms with van der Waals surface area (Å²) in [4.78, 5) is 0. The van der Waals surface area contributed by atoms with E-state index in [0.717, 1.165) is 24.2 Å². The molecule has 3 rings (SSSR count). The van der Waals surface area contributed by atoms with Crippen molar-refractivity contribution in [2.75, 3.05) is 20.0 Å². The van der Waals surface area contributed by atoms with Gasteiger partial charge in [0, 0.05) is 0 Å². The molecule has 2 fully saturated rings. The van der Waals surface area contributed by atoms with Gasteiger partial charge in [-0.3, -0.25) is 0 Å². The van der Waals surface area contributed by atoms with Crippen LogP contribution in [0.15, 0.2) is 24.3 Å². The highest BCUT2D eigenvalue weighted by Crippen LogP contribution is 2.37. The molecule has 2 aliphatic rings. The highest BCUT2D eigenvalue weighted by molar-refractivity contribution is 5.29. The molecule has 22 heavy (non-hydrogen) atoms. The Hall–Kier alpha value is -1.06. The van der Waals surface area contributed by atoms with Crippen LogP contribution in [-0.4, -0.2) is 26.1 Å². The van der Waals surface area contributed by atoms with E-state index in [1.54, 1.807) is 0 Å². The van der Waals surface area contributed by atoms with E-state index in [-0.39, 0.29) is 0 Å². The first-order valence-electron chi connectivity index (χ1n) is 8.77. The lowest BCUT2D eigenvalue weighted by atomic mass is 9.77. The molecular formula is C19H28O3. The van der Waals surface area contributed by atoms with E-state index in [2.05, 4.69) is 31.2 Å². The van der Waals surface area contributed by atoms with Gasteiger partial charge in [0.1, 0.15) is 11.9 Å². The summed E-state index contributed by atoms with van der Waals surface area (Å²) < 4.78 is 16.1. The van der Waals surface area contributed by atoms with Crippen LogP contribution in [0.4, 0.5) is 0 Å². The second-order valence-electron chi connectivity index (χ2n) is 6.66. The Morgan fingerprint density at radius 1 is 1.09 bits per heavy atom. The maximum absolute atomic E-state index is 5.60. The van der Waals surface area contributed by atoms with Crippen molar-refractivity contribution in [1.29, 1.82) is 0 Å². The molecule has 1 aliphatic heterocycles. The highest BCUT2D eigenvalue weighted by Gasteiger charge is 2.23. The molecule has 0 radical (unpaired) electrons. The molecule has 1 aromatic carbocycles. The van der Waals surface area contributed by atoms with Gasteiger partial charge in [-0.1, -0.05) is 31.9 Å². The van der Waals surface area contributed by atoms with Gasteiger partial charge >= 0.3 is 0 Å². The van der Waals surface area contributed by atoms with Gasteiger partial charge in [-0.15, -0.1) is 0 Å². The SMILES string of the molecule is CCCC1CCC(c2ccc(OCOCC3CO3)cc2)CC1. The molecule has 0 N–H and O–H groups in total. The predicted octanol–water partition coefficient (Wildman–Crippen LogP) is 4.51. The summed E-state index contributed by atoms with van der Waals surface area (Å²) in [7, 11) is 0. The fourth-order valence-electron chi connectivity index (χ4n) is 3.48. The summed E-state index contributed by atoms with van der Waals surface area (Å²) in [6.45, 7) is 4.07. The standard InChI is InChI=1S/C19H28O3/c1-2-3-15-4-6-16(7-5-15)17-8-10-18(11-9-17)22-14-20-12-19-13-21-19/h8-11,15-16,19H,2-7,12-14H2,1H3. The average molecular weight is 304 g/mol. The lowest BCUT2D eigenvalue weighted by molar-refractivity contribution is 0.00820. The van der Waals surface area contributed by atoms with Crippen LogP contribution in [0, 0.1) is 5.92 Å². The summed E-state index contributed by atoms with van der Waals surface area (Å²) in [5, 5.41) is 0. The molecule has 0 aromatic heterocycles. The maximum atomic E-state index is 5.60. The van der Waals surface area contributed by atoms with Gasteiger partial charge in [-0.2, -0.15) is 0 Å². The molecule has 1 aromatic rings. The second kappa shape index (κ2) is 7.98. The van der Waals surface area contributed by atoms with Crippen molar-refractivity contribution in [3.63, 3.8) is 0 Å². The average Bonchev–Trinajstić information content (AvgIpc) is 3.38. The van der Waals surface area contributed by atoms with Crippen LogP contribution in [0.5, 0.6) is 5.75 Å². The van der Waals surface area contributed by atoms with Crippen LogP contribution in [0.25, 0.3) is 0 Å². The van der Waals surface area contributed by atoms with Gasteiger partial charge in [0.05, 0.1) is 13.2 Å². The smallest absolute Gasteiger partial charge is 0.189 e. The monoisotopic (exact) mass is 304 g/mol. The molecule has 3 heteroatoms. The van der Waals surface area contributed by atoms with E-state index in [4.69, 9.17) is 14.2 Å². The van der Waals surface area contributed by atoms with Crippen molar-refractivity contribution in [1.82, 2.24) is 0 Å². The van der Waals surface area contributed by atoms with Crippen molar-refractivity contribution >= 4 is 0 Å². The first kappa shape index (κ1) is 15.8. The molecule has 122 valence electrons. The minimum Gasteiger partial charge on any atom is -0.468 e. The van der Waals surface area contributed by atoms with Crippen LogP contribution in [0.2, 0.25) is 0 Å². The second-order valence-corrected chi connectivity index (χ2v) is 6.66. The fourth-order valence-corrected chi connectivity index (χ4v) is 3.48. The zero-order valence-corrected chi connectivity index (χ0v) is 13.6. The number of rotatable bonds is 8. The molecule has 0 amide bonds. The lowest BCUT2D eigenvalue weighted by Gasteiger charge is -2.28. The van der Waals surface area contributed by atoms with Crippen LogP contribution < -0.4 is 4.74 Å². The summed E-state index contributed by atoms with van der Waals surface area (Å²) in [6, 6.07) is 8.60. The Balaban J connectivity index is 1.40. The number of hydrogen-bond donors (Lipinski definition) is 0. The third-order valence-electron chi connectivity index (χ3n) is 4.91. The fraction of sp³-hybridized carbons (Fsp3) is 0.684. The third kappa shape index (κ3) is 4.72. The van der Waals surface area contributed by atoms with Gasteiger partial charge in [-0.05, 0) is 55.2 Å². The van der Waals surface area contributed by atoms with Gasteiger partial charge in [-0.25, -0.2) is 0 Å². The zero-order valence-electron chi connectivity index (χ0n) is 13.6. The molecule has 1 atom stereocenters. The summed E-state index contributed by atoms with van der Waals surface area (Å²) in [5.74, 6) is 2.60. The number of epoxide rings is 1. The van der Waals surface area contributed by atoms with Gasteiger partial charge in [0.2, 0.25) is 0 Å². The molecule has 1 unspecified atom stereocenters. The molecule has 0 bridgehead atoms.